The monoisotopic (exact) mass is 400 g/mol. The molecule has 2 aromatic heterocycles. The zero-order valence-electron chi connectivity index (χ0n) is 14.6. The lowest BCUT2D eigenvalue weighted by Crippen LogP contribution is -2.16. The lowest BCUT2D eigenvalue weighted by molar-refractivity contribution is -0.137. The topological polar surface area (TPSA) is 52.7 Å². The summed E-state index contributed by atoms with van der Waals surface area (Å²) in [5.74, 6) is -0.778. The summed E-state index contributed by atoms with van der Waals surface area (Å²) in [5.41, 5.74) is -1.33. The lowest BCUT2D eigenvalue weighted by Gasteiger charge is -2.12. The molecule has 29 heavy (non-hydrogen) atoms. The van der Waals surface area contributed by atoms with Gasteiger partial charge in [-0.15, -0.1) is 0 Å². The van der Waals surface area contributed by atoms with E-state index in [0.717, 1.165) is 29.1 Å². The molecule has 0 saturated carbocycles. The fraction of sp³-hybridized carbons (Fsp3) is 0.0500. The van der Waals surface area contributed by atoms with Gasteiger partial charge in [0.1, 0.15) is 5.69 Å². The summed E-state index contributed by atoms with van der Waals surface area (Å²) in [6, 6.07) is 14.1. The van der Waals surface area contributed by atoms with Crippen molar-refractivity contribution < 1.29 is 17.6 Å². The van der Waals surface area contributed by atoms with Crippen molar-refractivity contribution in [1.29, 1.82) is 0 Å². The molecular weight excluding hydrogens is 388 g/mol. The summed E-state index contributed by atoms with van der Waals surface area (Å²) in [6.45, 7) is 0. The molecule has 0 amide bonds. The van der Waals surface area contributed by atoms with Gasteiger partial charge in [-0.05, 0) is 30.3 Å². The third-order valence-electron chi connectivity index (χ3n) is 4.20. The normalized spacial score (nSPS) is 11.6. The molecule has 2 heterocycles. The lowest BCUT2D eigenvalue weighted by atomic mass is 10.2. The van der Waals surface area contributed by atoms with Crippen LogP contribution in [0.5, 0.6) is 0 Å². The average Bonchev–Trinajstić information content (AvgIpc) is 3.10. The number of hydrogen-bond acceptors (Lipinski definition) is 3. The van der Waals surface area contributed by atoms with E-state index in [-0.39, 0.29) is 17.1 Å². The molecule has 0 unspecified atom stereocenters. The molecular formula is C20H12F4N4O. The van der Waals surface area contributed by atoms with E-state index in [1.165, 1.54) is 23.0 Å². The minimum atomic E-state index is -4.53. The van der Waals surface area contributed by atoms with Crippen molar-refractivity contribution in [2.45, 2.75) is 6.18 Å². The number of benzene rings is 2. The van der Waals surface area contributed by atoms with Gasteiger partial charge in [0.15, 0.2) is 11.5 Å². The number of alkyl halides is 3. The highest BCUT2D eigenvalue weighted by molar-refractivity contribution is 5.58. The molecule has 0 saturated heterocycles. The number of para-hydroxylation sites is 1. The van der Waals surface area contributed by atoms with Crippen molar-refractivity contribution >= 4 is 0 Å². The Kier molecular flexibility index (Phi) is 4.50. The van der Waals surface area contributed by atoms with Crippen LogP contribution in [0.2, 0.25) is 0 Å². The van der Waals surface area contributed by atoms with E-state index in [4.69, 9.17) is 0 Å². The Balaban J connectivity index is 1.87. The zero-order chi connectivity index (χ0) is 20.6. The highest BCUT2D eigenvalue weighted by Crippen LogP contribution is 2.30. The number of hydrogen-bond donors (Lipinski definition) is 0. The van der Waals surface area contributed by atoms with Crippen LogP contribution in [-0.4, -0.2) is 19.6 Å². The van der Waals surface area contributed by atoms with Crippen LogP contribution in [0.3, 0.4) is 0 Å². The van der Waals surface area contributed by atoms with Gasteiger partial charge >= 0.3 is 6.18 Å². The summed E-state index contributed by atoms with van der Waals surface area (Å²) in [7, 11) is 0. The van der Waals surface area contributed by atoms with E-state index in [9.17, 15) is 22.4 Å². The van der Waals surface area contributed by atoms with Crippen molar-refractivity contribution in [2.75, 3.05) is 0 Å². The van der Waals surface area contributed by atoms with Crippen molar-refractivity contribution in [3.05, 3.63) is 94.7 Å². The molecule has 0 atom stereocenters. The fourth-order valence-electron chi connectivity index (χ4n) is 2.85. The van der Waals surface area contributed by atoms with Gasteiger partial charge < -0.3 is 0 Å². The summed E-state index contributed by atoms with van der Waals surface area (Å²) >= 11 is 0. The van der Waals surface area contributed by atoms with E-state index in [2.05, 4.69) is 10.2 Å². The summed E-state index contributed by atoms with van der Waals surface area (Å²) in [4.78, 5) is 12.4. The standard InChI is InChI=1S/C20H12F4N4O/c21-16-12-25-28(14-6-2-1-3-7-14)19(16)18-17(29)9-10-27(26-18)15-8-4-5-13(11-15)20(22,23)24/h1-12H. The van der Waals surface area contributed by atoms with Crippen LogP contribution >= 0.6 is 0 Å². The van der Waals surface area contributed by atoms with E-state index < -0.39 is 23.0 Å². The van der Waals surface area contributed by atoms with Crippen molar-refractivity contribution in [3.8, 4) is 22.8 Å². The molecule has 0 aliphatic heterocycles. The molecule has 4 aromatic rings. The third-order valence-corrected chi connectivity index (χ3v) is 4.20. The molecule has 0 fully saturated rings. The van der Waals surface area contributed by atoms with Gasteiger partial charge in [-0.2, -0.15) is 23.4 Å². The second-order valence-electron chi connectivity index (χ2n) is 6.11. The maximum Gasteiger partial charge on any atom is 0.416 e. The number of halogens is 4. The minimum Gasteiger partial charge on any atom is -0.287 e. The van der Waals surface area contributed by atoms with Crippen LogP contribution < -0.4 is 5.43 Å². The number of aromatic nitrogens is 4. The zero-order valence-corrected chi connectivity index (χ0v) is 14.6. The smallest absolute Gasteiger partial charge is 0.287 e. The first-order valence-electron chi connectivity index (χ1n) is 8.41. The predicted molar refractivity (Wildman–Crippen MR) is 97.4 cm³/mol. The molecule has 0 aliphatic rings. The van der Waals surface area contributed by atoms with Crippen LogP contribution in [0, 0.1) is 5.82 Å². The SMILES string of the molecule is O=c1ccn(-c2cccc(C(F)(F)F)c2)nc1-c1c(F)cnn1-c1ccccc1. The molecule has 0 bridgehead atoms. The first kappa shape index (κ1) is 18.6. The van der Waals surface area contributed by atoms with Gasteiger partial charge in [-0.1, -0.05) is 24.3 Å². The maximum absolute atomic E-state index is 14.5. The third kappa shape index (κ3) is 3.54. The molecule has 4 rings (SSSR count). The van der Waals surface area contributed by atoms with Gasteiger partial charge in [0.05, 0.1) is 23.1 Å². The van der Waals surface area contributed by atoms with Crippen molar-refractivity contribution in [1.82, 2.24) is 19.6 Å². The van der Waals surface area contributed by atoms with E-state index >= 15 is 0 Å². The molecule has 0 radical (unpaired) electrons. The Morgan fingerprint density at radius 1 is 0.897 bits per heavy atom. The fourth-order valence-corrected chi connectivity index (χ4v) is 2.85. The Labute approximate surface area is 161 Å². The van der Waals surface area contributed by atoms with E-state index in [1.807, 2.05) is 0 Å². The number of nitrogens with zero attached hydrogens (tertiary/aromatic N) is 4. The largest absolute Gasteiger partial charge is 0.416 e. The quantitative estimate of drug-likeness (QED) is 0.484. The first-order valence-corrected chi connectivity index (χ1v) is 8.41. The Bertz CT molecular complexity index is 1230. The molecule has 0 aliphatic carbocycles. The van der Waals surface area contributed by atoms with Gasteiger partial charge in [0.25, 0.3) is 0 Å². The molecule has 0 N–H and O–H groups in total. The molecule has 146 valence electrons. The Hall–Kier alpha value is -3.75. The van der Waals surface area contributed by atoms with Gasteiger partial charge in [-0.25, -0.2) is 13.8 Å². The van der Waals surface area contributed by atoms with Gasteiger partial charge in [-0.3, -0.25) is 4.79 Å². The molecule has 2 aromatic carbocycles. The molecule has 0 spiro atoms. The number of rotatable bonds is 3. The minimum absolute atomic E-state index is 0.0762. The summed E-state index contributed by atoms with van der Waals surface area (Å²) in [6.07, 6.45) is -2.36. The van der Waals surface area contributed by atoms with Crippen LogP contribution in [0.15, 0.2) is 77.9 Å². The van der Waals surface area contributed by atoms with Crippen LogP contribution in [-0.2, 0) is 6.18 Å². The van der Waals surface area contributed by atoms with E-state index in [0.29, 0.717) is 5.69 Å². The van der Waals surface area contributed by atoms with Crippen LogP contribution in [0.1, 0.15) is 5.56 Å². The van der Waals surface area contributed by atoms with Gasteiger partial charge in [0, 0.05) is 12.3 Å². The highest BCUT2D eigenvalue weighted by atomic mass is 19.4. The van der Waals surface area contributed by atoms with Gasteiger partial charge in [0.2, 0.25) is 5.43 Å². The Morgan fingerprint density at radius 3 is 2.34 bits per heavy atom. The van der Waals surface area contributed by atoms with Crippen LogP contribution in [0.25, 0.3) is 22.8 Å². The first-order chi connectivity index (χ1) is 13.8. The second-order valence-corrected chi connectivity index (χ2v) is 6.11. The highest BCUT2D eigenvalue weighted by Gasteiger charge is 2.30. The van der Waals surface area contributed by atoms with Crippen molar-refractivity contribution in [2.24, 2.45) is 0 Å². The van der Waals surface area contributed by atoms with Crippen molar-refractivity contribution in [3.63, 3.8) is 0 Å². The Morgan fingerprint density at radius 2 is 1.62 bits per heavy atom. The molecule has 9 heteroatoms. The average molecular weight is 400 g/mol. The van der Waals surface area contributed by atoms with Crippen LogP contribution in [0.4, 0.5) is 17.6 Å². The predicted octanol–water partition coefficient (Wildman–Crippen LogP) is 4.24. The summed E-state index contributed by atoms with van der Waals surface area (Å²) in [5, 5.41) is 8.05. The second kappa shape index (κ2) is 7.01. The summed E-state index contributed by atoms with van der Waals surface area (Å²) < 4.78 is 55.8. The maximum atomic E-state index is 14.5. The molecule has 5 nitrogen and oxygen atoms in total. The van der Waals surface area contributed by atoms with E-state index in [1.54, 1.807) is 30.3 Å².